The van der Waals surface area contributed by atoms with Crippen molar-refractivity contribution in [3.63, 3.8) is 0 Å². The normalized spacial score (nSPS) is 17.4. The minimum absolute atomic E-state index is 3.44. The second-order valence-electron chi connectivity index (χ2n) is 2.32. The Bertz CT molecular complexity index is 281. The smallest absolute Gasteiger partial charge is 0.459 e. The third-order valence-electron chi connectivity index (χ3n) is 0.612. The summed E-state index contributed by atoms with van der Waals surface area (Å²) >= 11 is 0. The first-order valence-electron chi connectivity index (χ1n) is 2.87. The summed E-state index contributed by atoms with van der Waals surface area (Å²) in [4.78, 5) is 9.09. The molecule has 0 radical (unpaired) electrons. The van der Waals surface area contributed by atoms with Crippen LogP contribution >= 0.6 is 7.81 Å². The maximum atomic E-state index is 11.3. The SMILES string of the molecule is F[P-](F)(F)(F)(F)F.O=C([O-])C(F)(F)C(F)(F)F. The van der Waals surface area contributed by atoms with Crippen LogP contribution < -0.4 is 5.11 Å². The molecule has 0 unspecified atom stereocenters. The molecular formula is C3F11O2P-2. The number of halogens is 11. The van der Waals surface area contributed by atoms with Crippen molar-refractivity contribution in [3.8, 4) is 0 Å². The minimum Gasteiger partial charge on any atom is -0.544 e. The number of aliphatic carboxylic acids is 1. The predicted molar refractivity (Wildman–Crippen MR) is 29.6 cm³/mol. The van der Waals surface area contributed by atoms with Gasteiger partial charge in [0.2, 0.25) is 0 Å². The molecule has 0 spiro atoms. The van der Waals surface area contributed by atoms with E-state index in [4.69, 9.17) is 9.90 Å². The predicted octanol–water partition coefficient (Wildman–Crippen LogP) is 3.32. The number of carbonyl (C=O) groups is 1. The van der Waals surface area contributed by atoms with Gasteiger partial charge >= 0.3 is 45.1 Å². The monoisotopic (exact) mass is 308 g/mol. The fraction of sp³-hybridized carbons (Fsp3) is 0.667. The van der Waals surface area contributed by atoms with Crippen LogP contribution in [0.3, 0.4) is 0 Å². The molecule has 0 rings (SSSR count). The summed E-state index contributed by atoms with van der Waals surface area (Å²) in [5.74, 6) is -9.20. The van der Waals surface area contributed by atoms with Crippen LogP contribution in [0.2, 0.25) is 0 Å². The number of hydrogen-bond acceptors (Lipinski definition) is 2. The summed E-state index contributed by atoms with van der Waals surface area (Å²) in [6.07, 6.45) is -6.08. The molecule has 0 aliphatic heterocycles. The van der Waals surface area contributed by atoms with Gasteiger partial charge in [0.25, 0.3) is 0 Å². The van der Waals surface area contributed by atoms with Gasteiger partial charge in [-0.2, -0.15) is 22.0 Å². The van der Waals surface area contributed by atoms with Gasteiger partial charge in [-0.25, -0.2) is 0 Å². The van der Waals surface area contributed by atoms with Crippen LogP contribution in [0.25, 0.3) is 0 Å². The molecule has 0 atom stereocenters. The van der Waals surface area contributed by atoms with Gasteiger partial charge in [-0.15, -0.1) is 0 Å². The van der Waals surface area contributed by atoms with Crippen molar-refractivity contribution < 1.29 is 57.0 Å². The Kier molecular flexibility index (Phi) is 3.87. The quantitative estimate of drug-likeness (QED) is 0.551. The van der Waals surface area contributed by atoms with Crippen molar-refractivity contribution >= 4 is 13.8 Å². The van der Waals surface area contributed by atoms with Gasteiger partial charge in [0.15, 0.2) is 0 Å². The van der Waals surface area contributed by atoms with E-state index < -0.39 is 25.9 Å². The Labute approximate surface area is 84.2 Å². The third-order valence-corrected chi connectivity index (χ3v) is 0.612. The molecule has 0 aromatic heterocycles. The summed E-state index contributed by atoms with van der Waals surface area (Å²) in [7, 11) is -10.7. The molecule has 0 bridgehead atoms. The van der Waals surface area contributed by atoms with Gasteiger partial charge in [0.1, 0.15) is 5.97 Å². The summed E-state index contributed by atoms with van der Waals surface area (Å²) in [5.41, 5.74) is 0. The second-order valence-corrected chi connectivity index (χ2v) is 4.23. The number of carbonyl (C=O) groups excluding carboxylic acids is 1. The number of hydrogen-bond donors (Lipinski definition) is 0. The Morgan fingerprint density at radius 1 is 0.824 bits per heavy atom. The summed E-state index contributed by atoms with van der Waals surface area (Å²) in [6, 6.07) is 0. The number of alkyl halides is 5. The van der Waals surface area contributed by atoms with Crippen LogP contribution in [0, 0.1) is 0 Å². The van der Waals surface area contributed by atoms with Gasteiger partial charge in [0, 0.05) is 0 Å². The standard InChI is InChI=1S/C3HF5O2.F6P/c4-2(5,1(9)10)3(6,7)8;1-7(2,3,4,5)6/h(H,9,10);/q;-1/p-1. The van der Waals surface area contributed by atoms with Crippen molar-refractivity contribution in [2.24, 2.45) is 0 Å². The Balaban J connectivity index is 0. The van der Waals surface area contributed by atoms with Gasteiger partial charge in [0.05, 0.1) is 0 Å². The van der Waals surface area contributed by atoms with Crippen LogP contribution in [-0.2, 0) is 4.79 Å². The molecule has 108 valence electrons. The van der Waals surface area contributed by atoms with E-state index in [2.05, 4.69) is 0 Å². The second kappa shape index (κ2) is 3.56. The summed E-state index contributed by atoms with van der Waals surface area (Å²) in [6.45, 7) is 0. The van der Waals surface area contributed by atoms with Gasteiger partial charge < -0.3 is 9.90 Å². The van der Waals surface area contributed by atoms with E-state index >= 15 is 0 Å². The Hall–Kier alpha value is -0.870. The zero-order chi connectivity index (χ0) is 15.0. The summed E-state index contributed by atoms with van der Waals surface area (Å²) in [5, 5.41) is 9.09. The van der Waals surface area contributed by atoms with E-state index in [-0.39, 0.29) is 0 Å². The molecule has 0 fully saturated rings. The Morgan fingerprint density at radius 2 is 1.00 bits per heavy atom. The average Bonchev–Trinajstić information content (AvgIpc) is 1.75. The number of carboxylic acids is 1. The summed E-state index contributed by atoms with van der Waals surface area (Å²) < 4.78 is 114. The molecule has 2 nitrogen and oxygen atoms in total. The first kappa shape index (κ1) is 18.5. The third kappa shape index (κ3) is 13.1. The molecule has 0 N–H and O–H groups in total. The van der Waals surface area contributed by atoms with E-state index in [1.807, 2.05) is 0 Å². The zero-order valence-corrected chi connectivity index (χ0v) is 7.82. The van der Waals surface area contributed by atoms with E-state index in [0.717, 1.165) is 0 Å². The topological polar surface area (TPSA) is 40.1 Å². The molecule has 0 saturated heterocycles. The maximum Gasteiger partial charge on any atom is 0.459 e. The van der Waals surface area contributed by atoms with Gasteiger partial charge in [-0.05, 0) is 0 Å². The van der Waals surface area contributed by atoms with Crippen LogP contribution in [0.4, 0.5) is 47.1 Å². The van der Waals surface area contributed by atoms with Crippen molar-refractivity contribution in [1.29, 1.82) is 0 Å². The molecule has 0 saturated carbocycles. The van der Waals surface area contributed by atoms with Crippen LogP contribution in [-0.4, -0.2) is 18.1 Å². The first-order valence-corrected chi connectivity index (χ1v) is 4.90. The number of carboxylic acid groups (broad SMARTS) is 1. The maximum absolute atomic E-state index is 11.3. The minimum atomic E-state index is -10.7. The van der Waals surface area contributed by atoms with E-state index in [1.165, 1.54) is 0 Å². The van der Waals surface area contributed by atoms with Crippen LogP contribution in [0.1, 0.15) is 0 Å². The molecule has 0 aliphatic carbocycles. The molecule has 0 amide bonds. The van der Waals surface area contributed by atoms with Crippen molar-refractivity contribution in [2.45, 2.75) is 12.1 Å². The van der Waals surface area contributed by atoms with Crippen molar-refractivity contribution in [1.82, 2.24) is 0 Å². The van der Waals surface area contributed by atoms with Crippen LogP contribution in [0.15, 0.2) is 0 Å². The first-order chi connectivity index (χ1) is 6.64. The fourth-order valence-corrected chi connectivity index (χ4v) is 0.116. The molecule has 0 aromatic rings. The molecule has 0 aromatic carbocycles. The van der Waals surface area contributed by atoms with Crippen molar-refractivity contribution in [3.05, 3.63) is 0 Å². The molecule has 17 heavy (non-hydrogen) atoms. The van der Waals surface area contributed by atoms with E-state index in [0.29, 0.717) is 0 Å². The van der Waals surface area contributed by atoms with Gasteiger partial charge in [-0.3, -0.25) is 0 Å². The molecular weight excluding hydrogens is 308 g/mol. The van der Waals surface area contributed by atoms with Crippen LogP contribution in [0.5, 0.6) is 0 Å². The molecule has 0 aliphatic rings. The molecule has 14 heteroatoms. The Morgan fingerprint density at radius 3 is 1.00 bits per heavy atom. The fourth-order valence-electron chi connectivity index (χ4n) is 0.116. The molecule has 0 heterocycles. The van der Waals surface area contributed by atoms with E-state index in [1.54, 1.807) is 0 Å². The average molecular weight is 308 g/mol. The van der Waals surface area contributed by atoms with Crippen molar-refractivity contribution in [2.75, 3.05) is 0 Å². The largest absolute Gasteiger partial charge is 0.544 e. The van der Waals surface area contributed by atoms with E-state index in [9.17, 15) is 47.1 Å². The zero-order valence-electron chi connectivity index (χ0n) is 6.92. The van der Waals surface area contributed by atoms with Gasteiger partial charge in [-0.1, -0.05) is 0 Å². The number of rotatable bonds is 1.